The van der Waals surface area contributed by atoms with Crippen molar-refractivity contribution in [3.05, 3.63) is 11.6 Å². The fourth-order valence-electron chi connectivity index (χ4n) is 2.66. The third-order valence-corrected chi connectivity index (χ3v) is 3.38. The van der Waals surface area contributed by atoms with Crippen molar-refractivity contribution < 1.29 is 4.79 Å². The Bertz CT molecular complexity index is 318. The minimum atomic E-state index is -0.326. The van der Waals surface area contributed by atoms with Gasteiger partial charge in [0.2, 0.25) is 5.91 Å². The first-order chi connectivity index (χ1) is 7.23. The first kappa shape index (κ1) is 13.2. The monoisotopic (exact) mass is 225 g/mol. The first-order valence-corrected chi connectivity index (χ1v) is 5.74. The standard InChI is InChI=1S/C12H23N3O/c1-11(2)8-9(10(14)16)12(3,4)15(11)7-5-6-13/h8H,5-7,13H2,1-4H3,(H2,14,16). The first-order valence-electron chi connectivity index (χ1n) is 5.74. The van der Waals surface area contributed by atoms with Gasteiger partial charge in [-0.1, -0.05) is 6.08 Å². The zero-order valence-corrected chi connectivity index (χ0v) is 10.7. The second-order valence-electron chi connectivity index (χ2n) is 5.43. The van der Waals surface area contributed by atoms with Gasteiger partial charge in [-0.2, -0.15) is 0 Å². The Kier molecular flexibility index (Phi) is 3.45. The number of nitrogens with zero attached hydrogens (tertiary/aromatic N) is 1. The van der Waals surface area contributed by atoms with Crippen molar-refractivity contribution in [2.24, 2.45) is 11.5 Å². The highest BCUT2D eigenvalue weighted by molar-refractivity contribution is 5.95. The predicted octanol–water partition coefficient (Wildman–Crippen LogP) is 0.620. The van der Waals surface area contributed by atoms with Gasteiger partial charge in [-0.05, 0) is 40.7 Å². The molecule has 0 aromatic heterocycles. The quantitative estimate of drug-likeness (QED) is 0.736. The van der Waals surface area contributed by atoms with Crippen LogP contribution >= 0.6 is 0 Å². The molecule has 0 aliphatic carbocycles. The van der Waals surface area contributed by atoms with Crippen LogP contribution in [0.15, 0.2) is 11.6 Å². The van der Waals surface area contributed by atoms with Crippen molar-refractivity contribution in [3.63, 3.8) is 0 Å². The zero-order valence-electron chi connectivity index (χ0n) is 10.7. The summed E-state index contributed by atoms with van der Waals surface area (Å²) in [5.74, 6) is -0.326. The van der Waals surface area contributed by atoms with Gasteiger partial charge < -0.3 is 11.5 Å². The summed E-state index contributed by atoms with van der Waals surface area (Å²) in [5.41, 5.74) is 11.2. The van der Waals surface area contributed by atoms with E-state index in [-0.39, 0.29) is 17.0 Å². The van der Waals surface area contributed by atoms with Crippen molar-refractivity contribution >= 4 is 5.91 Å². The Morgan fingerprint density at radius 1 is 1.38 bits per heavy atom. The molecule has 4 N–H and O–H groups in total. The Morgan fingerprint density at radius 2 is 1.94 bits per heavy atom. The summed E-state index contributed by atoms with van der Waals surface area (Å²) in [5, 5.41) is 0. The Labute approximate surface area is 97.7 Å². The normalized spacial score (nSPS) is 23.2. The molecule has 0 spiro atoms. The Balaban J connectivity index is 3.00. The van der Waals surface area contributed by atoms with Crippen molar-refractivity contribution in [2.45, 2.75) is 45.2 Å². The molecule has 4 nitrogen and oxygen atoms in total. The molecule has 1 rings (SSSR count). The number of hydrogen-bond acceptors (Lipinski definition) is 3. The van der Waals surface area contributed by atoms with Crippen LogP contribution < -0.4 is 11.5 Å². The average molecular weight is 225 g/mol. The van der Waals surface area contributed by atoms with Crippen LogP contribution in [0.5, 0.6) is 0 Å². The molecule has 0 radical (unpaired) electrons. The van der Waals surface area contributed by atoms with E-state index in [0.29, 0.717) is 12.1 Å². The van der Waals surface area contributed by atoms with Crippen LogP contribution in [0.3, 0.4) is 0 Å². The highest BCUT2D eigenvalue weighted by Crippen LogP contribution is 2.39. The SMILES string of the molecule is CC1(C)C=C(C(N)=O)C(C)(C)N1CCCN. The van der Waals surface area contributed by atoms with Crippen LogP contribution in [0.1, 0.15) is 34.1 Å². The number of nitrogens with two attached hydrogens (primary N) is 2. The molecule has 4 heteroatoms. The van der Waals surface area contributed by atoms with E-state index in [0.717, 1.165) is 13.0 Å². The smallest absolute Gasteiger partial charge is 0.246 e. The summed E-state index contributed by atoms with van der Waals surface area (Å²) in [6.45, 7) is 9.81. The Morgan fingerprint density at radius 3 is 2.31 bits per heavy atom. The number of carbonyl (C=O) groups excluding carboxylic acids is 1. The van der Waals surface area contributed by atoms with Crippen LogP contribution in [0.4, 0.5) is 0 Å². The molecule has 0 saturated carbocycles. The maximum atomic E-state index is 11.4. The van der Waals surface area contributed by atoms with Gasteiger partial charge in [-0.25, -0.2) is 0 Å². The van der Waals surface area contributed by atoms with E-state index >= 15 is 0 Å². The fourth-order valence-corrected chi connectivity index (χ4v) is 2.66. The van der Waals surface area contributed by atoms with E-state index in [1.165, 1.54) is 0 Å². The molecule has 1 amide bonds. The molecule has 0 aromatic rings. The molecular weight excluding hydrogens is 202 g/mol. The second kappa shape index (κ2) is 4.18. The fraction of sp³-hybridized carbons (Fsp3) is 0.750. The van der Waals surface area contributed by atoms with E-state index in [1.54, 1.807) is 0 Å². The summed E-state index contributed by atoms with van der Waals surface area (Å²) in [7, 11) is 0. The van der Waals surface area contributed by atoms with E-state index in [1.807, 2.05) is 19.9 Å². The molecule has 0 saturated heterocycles. The van der Waals surface area contributed by atoms with E-state index in [2.05, 4.69) is 18.7 Å². The maximum Gasteiger partial charge on any atom is 0.246 e. The largest absolute Gasteiger partial charge is 0.366 e. The maximum absolute atomic E-state index is 11.4. The van der Waals surface area contributed by atoms with Crippen LogP contribution in [0.25, 0.3) is 0 Å². The molecular formula is C12H23N3O. The molecule has 1 heterocycles. The average Bonchev–Trinajstić information content (AvgIpc) is 2.31. The predicted molar refractivity (Wildman–Crippen MR) is 65.8 cm³/mol. The number of hydrogen-bond donors (Lipinski definition) is 2. The topological polar surface area (TPSA) is 72.4 Å². The molecule has 1 aliphatic heterocycles. The highest BCUT2D eigenvalue weighted by atomic mass is 16.1. The minimum Gasteiger partial charge on any atom is -0.366 e. The van der Waals surface area contributed by atoms with E-state index < -0.39 is 0 Å². The summed E-state index contributed by atoms with van der Waals surface area (Å²) in [6, 6.07) is 0. The lowest BCUT2D eigenvalue weighted by atomic mass is 9.94. The van der Waals surface area contributed by atoms with Crippen LogP contribution in [-0.4, -0.2) is 35.0 Å². The van der Waals surface area contributed by atoms with Gasteiger partial charge in [0.25, 0.3) is 0 Å². The van der Waals surface area contributed by atoms with E-state index in [4.69, 9.17) is 11.5 Å². The number of primary amides is 1. The van der Waals surface area contributed by atoms with Gasteiger partial charge in [-0.15, -0.1) is 0 Å². The molecule has 0 fully saturated rings. The van der Waals surface area contributed by atoms with Crippen molar-refractivity contribution in [3.8, 4) is 0 Å². The van der Waals surface area contributed by atoms with Crippen LogP contribution in [0.2, 0.25) is 0 Å². The molecule has 0 atom stereocenters. The lowest BCUT2D eigenvalue weighted by molar-refractivity contribution is -0.115. The number of carbonyl (C=O) groups is 1. The second-order valence-corrected chi connectivity index (χ2v) is 5.43. The van der Waals surface area contributed by atoms with Gasteiger partial charge >= 0.3 is 0 Å². The Hall–Kier alpha value is -0.870. The summed E-state index contributed by atoms with van der Waals surface area (Å²) >= 11 is 0. The minimum absolute atomic E-state index is 0.136. The number of rotatable bonds is 4. The molecule has 0 unspecified atom stereocenters. The van der Waals surface area contributed by atoms with Crippen molar-refractivity contribution in [1.29, 1.82) is 0 Å². The summed E-state index contributed by atoms with van der Waals surface area (Å²) in [6.07, 6.45) is 2.90. The van der Waals surface area contributed by atoms with Gasteiger partial charge in [0.15, 0.2) is 0 Å². The lowest BCUT2D eigenvalue weighted by Crippen LogP contribution is -2.52. The molecule has 16 heavy (non-hydrogen) atoms. The molecule has 92 valence electrons. The third kappa shape index (κ3) is 2.13. The van der Waals surface area contributed by atoms with E-state index in [9.17, 15) is 4.79 Å². The summed E-state index contributed by atoms with van der Waals surface area (Å²) < 4.78 is 0. The lowest BCUT2D eigenvalue weighted by Gasteiger charge is -2.41. The highest BCUT2D eigenvalue weighted by Gasteiger charge is 2.46. The number of amides is 1. The van der Waals surface area contributed by atoms with Crippen LogP contribution in [-0.2, 0) is 4.79 Å². The van der Waals surface area contributed by atoms with Gasteiger partial charge in [0, 0.05) is 23.2 Å². The third-order valence-electron chi connectivity index (χ3n) is 3.38. The summed E-state index contributed by atoms with van der Waals surface area (Å²) in [4.78, 5) is 13.7. The molecule has 1 aliphatic rings. The van der Waals surface area contributed by atoms with Gasteiger partial charge in [-0.3, -0.25) is 9.69 Å². The molecule has 0 bridgehead atoms. The zero-order chi connectivity index (χ0) is 12.6. The van der Waals surface area contributed by atoms with Crippen molar-refractivity contribution in [2.75, 3.05) is 13.1 Å². The van der Waals surface area contributed by atoms with Gasteiger partial charge in [0.05, 0.1) is 0 Å². The molecule has 0 aromatic carbocycles. The van der Waals surface area contributed by atoms with Gasteiger partial charge in [0.1, 0.15) is 0 Å². The van der Waals surface area contributed by atoms with Crippen molar-refractivity contribution in [1.82, 2.24) is 4.90 Å². The van der Waals surface area contributed by atoms with Crippen LogP contribution in [0, 0.1) is 0 Å².